The summed E-state index contributed by atoms with van der Waals surface area (Å²) >= 11 is 0. The van der Waals surface area contributed by atoms with Crippen molar-refractivity contribution < 1.29 is 4.79 Å². The molecular weight excluding hydrogens is 216 g/mol. The molecule has 0 aromatic heterocycles. The summed E-state index contributed by atoms with van der Waals surface area (Å²) in [6, 6.07) is 7.28. The fraction of sp³-hybridized carbons (Fsp3) is 0.333. The van der Waals surface area contributed by atoms with Gasteiger partial charge in [0.05, 0.1) is 17.8 Å². The molecule has 1 heterocycles. The van der Waals surface area contributed by atoms with E-state index < -0.39 is 0 Å². The Morgan fingerprint density at radius 1 is 1.41 bits per heavy atom. The number of piperazine rings is 1. The van der Waals surface area contributed by atoms with Crippen LogP contribution in [0.2, 0.25) is 0 Å². The van der Waals surface area contributed by atoms with Crippen molar-refractivity contribution in [2.24, 2.45) is 0 Å². The SMILES string of the molecule is CN1CCN(c2ccc(C#N)c(N)c2)CC1=O. The van der Waals surface area contributed by atoms with Crippen LogP contribution in [-0.2, 0) is 4.79 Å². The van der Waals surface area contributed by atoms with Crippen molar-refractivity contribution in [3.63, 3.8) is 0 Å². The number of likely N-dealkylation sites (N-methyl/N-ethyl adjacent to an activating group) is 1. The van der Waals surface area contributed by atoms with Crippen LogP contribution in [0.1, 0.15) is 5.56 Å². The highest BCUT2D eigenvalue weighted by Gasteiger charge is 2.21. The van der Waals surface area contributed by atoms with E-state index in [0.717, 1.165) is 12.2 Å². The van der Waals surface area contributed by atoms with Gasteiger partial charge in [-0.05, 0) is 18.2 Å². The number of benzene rings is 1. The Labute approximate surface area is 100 Å². The van der Waals surface area contributed by atoms with Crippen LogP contribution in [-0.4, -0.2) is 37.5 Å². The first-order valence-corrected chi connectivity index (χ1v) is 5.40. The van der Waals surface area contributed by atoms with E-state index in [1.165, 1.54) is 0 Å². The van der Waals surface area contributed by atoms with E-state index in [1.54, 1.807) is 24.1 Å². The number of amides is 1. The summed E-state index contributed by atoms with van der Waals surface area (Å²) in [6.07, 6.45) is 0. The predicted molar refractivity (Wildman–Crippen MR) is 65.4 cm³/mol. The molecule has 0 atom stereocenters. The monoisotopic (exact) mass is 230 g/mol. The molecule has 2 rings (SSSR count). The number of hydrogen-bond acceptors (Lipinski definition) is 4. The summed E-state index contributed by atoms with van der Waals surface area (Å²) in [5.41, 5.74) is 7.57. The molecular formula is C12H14N4O. The highest BCUT2D eigenvalue weighted by molar-refractivity contribution is 5.83. The summed E-state index contributed by atoms with van der Waals surface area (Å²) in [4.78, 5) is 15.3. The number of anilines is 2. The van der Waals surface area contributed by atoms with Gasteiger partial charge in [-0.1, -0.05) is 0 Å². The number of nitrogens with zero attached hydrogens (tertiary/aromatic N) is 3. The summed E-state index contributed by atoms with van der Waals surface area (Å²) in [5.74, 6) is 0.0965. The van der Waals surface area contributed by atoms with Crippen molar-refractivity contribution >= 4 is 17.3 Å². The third kappa shape index (κ3) is 2.16. The molecule has 0 spiro atoms. The lowest BCUT2D eigenvalue weighted by molar-refractivity contribution is -0.129. The average Bonchev–Trinajstić information content (AvgIpc) is 2.32. The largest absolute Gasteiger partial charge is 0.398 e. The fourth-order valence-corrected chi connectivity index (χ4v) is 1.83. The van der Waals surface area contributed by atoms with Gasteiger partial charge in [0.2, 0.25) is 5.91 Å². The molecule has 0 aliphatic carbocycles. The Hall–Kier alpha value is -2.22. The summed E-state index contributed by atoms with van der Waals surface area (Å²) in [5, 5.41) is 8.79. The molecule has 5 nitrogen and oxygen atoms in total. The first-order chi connectivity index (χ1) is 8.11. The van der Waals surface area contributed by atoms with Crippen molar-refractivity contribution in [1.29, 1.82) is 5.26 Å². The Balaban J connectivity index is 2.21. The summed E-state index contributed by atoms with van der Waals surface area (Å²) in [7, 11) is 1.80. The van der Waals surface area contributed by atoms with Gasteiger partial charge in [0.1, 0.15) is 6.07 Å². The van der Waals surface area contributed by atoms with Crippen LogP contribution in [0, 0.1) is 11.3 Å². The van der Waals surface area contributed by atoms with E-state index in [1.807, 2.05) is 17.0 Å². The van der Waals surface area contributed by atoms with Crippen molar-refractivity contribution in [3.05, 3.63) is 23.8 Å². The van der Waals surface area contributed by atoms with Crippen molar-refractivity contribution in [2.45, 2.75) is 0 Å². The zero-order valence-electron chi connectivity index (χ0n) is 9.68. The molecule has 0 bridgehead atoms. The van der Waals surface area contributed by atoms with E-state index in [2.05, 4.69) is 0 Å². The van der Waals surface area contributed by atoms with Crippen LogP contribution in [0.5, 0.6) is 0 Å². The summed E-state index contributed by atoms with van der Waals surface area (Å²) in [6.45, 7) is 1.86. The molecule has 1 aromatic carbocycles. The third-order valence-electron chi connectivity index (χ3n) is 2.98. The molecule has 1 fully saturated rings. The van der Waals surface area contributed by atoms with Crippen LogP contribution >= 0.6 is 0 Å². The van der Waals surface area contributed by atoms with E-state index in [-0.39, 0.29) is 5.91 Å². The lowest BCUT2D eigenvalue weighted by Gasteiger charge is -2.33. The number of carbonyl (C=O) groups excluding carboxylic acids is 1. The van der Waals surface area contributed by atoms with Crippen molar-refractivity contribution in [1.82, 2.24) is 4.90 Å². The number of nitrogens with two attached hydrogens (primary N) is 1. The summed E-state index contributed by atoms with van der Waals surface area (Å²) < 4.78 is 0. The van der Waals surface area contributed by atoms with Gasteiger partial charge in [0.15, 0.2) is 0 Å². The molecule has 1 amide bonds. The van der Waals surface area contributed by atoms with Gasteiger partial charge >= 0.3 is 0 Å². The van der Waals surface area contributed by atoms with Gasteiger partial charge in [-0.15, -0.1) is 0 Å². The van der Waals surface area contributed by atoms with E-state index in [0.29, 0.717) is 24.3 Å². The maximum atomic E-state index is 11.6. The first-order valence-electron chi connectivity index (χ1n) is 5.40. The second-order valence-corrected chi connectivity index (χ2v) is 4.12. The van der Waals surface area contributed by atoms with Crippen LogP contribution in [0.3, 0.4) is 0 Å². The van der Waals surface area contributed by atoms with E-state index in [4.69, 9.17) is 11.0 Å². The number of nitriles is 1. The number of nitrogen functional groups attached to an aromatic ring is 1. The Kier molecular flexibility index (Phi) is 2.88. The predicted octanol–water partition coefficient (Wildman–Crippen LogP) is 0.419. The topological polar surface area (TPSA) is 73.4 Å². The van der Waals surface area contributed by atoms with Crippen molar-refractivity contribution in [2.75, 3.05) is 37.3 Å². The van der Waals surface area contributed by atoms with Gasteiger partial charge in [-0.3, -0.25) is 4.79 Å². The van der Waals surface area contributed by atoms with Gasteiger partial charge < -0.3 is 15.5 Å². The smallest absolute Gasteiger partial charge is 0.241 e. The Bertz CT molecular complexity index is 492. The molecule has 1 aliphatic heterocycles. The lowest BCUT2D eigenvalue weighted by atomic mass is 10.1. The maximum absolute atomic E-state index is 11.6. The molecule has 0 radical (unpaired) electrons. The third-order valence-corrected chi connectivity index (χ3v) is 2.98. The minimum absolute atomic E-state index is 0.0965. The second-order valence-electron chi connectivity index (χ2n) is 4.12. The molecule has 0 saturated carbocycles. The highest BCUT2D eigenvalue weighted by Crippen LogP contribution is 2.22. The zero-order chi connectivity index (χ0) is 12.4. The molecule has 88 valence electrons. The molecule has 1 saturated heterocycles. The van der Waals surface area contributed by atoms with Crippen LogP contribution < -0.4 is 10.6 Å². The van der Waals surface area contributed by atoms with Crippen LogP contribution in [0.25, 0.3) is 0 Å². The minimum atomic E-state index is 0.0965. The lowest BCUT2D eigenvalue weighted by Crippen LogP contribution is -2.48. The maximum Gasteiger partial charge on any atom is 0.241 e. The van der Waals surface area contributed by atoms with Crippen molar-refractivity contribution in [3.8, 4) is 6.07 Å². The zero-order valence-corrected chi connectivity index (χ0v) is 9.68. The number of carbonyl (C=O) groups is 1. The molecule has 5 heteroatoms. The molecule has 1 aromatic rings. The van der Waals surface area contributed by atoms with E-state index in [9.17, 15) is 4.79 Å². The highest BCUT2D eigenvalue weighted by atomic mass is 16.2. The van der Waals surface area contributed by atoms with Crippen LogP contribution in [0.4, 0.5) is 11.4 Å². The average molecular weight is 230 g/mol. The minimum Gasteiger partial charge on any atom is -0.398 e. The second kappa shape index (κ2) is 4.34. The molecule has 0 unspecified atom stereocenters. The fourth-order valence-electron chi connectivity index (χ4n) is 1.83. The standard InChI is InChI=1S/C12H14N4O/c1-15-4-5-16(8-12(15)17)10-3-2-9(7-13)11(14)6-10/h2-3,6H,4-5,8,14H2,1H3. The quantitative estimate of drug-likeness (QED) is 0.709. The van der Waals surface area contributed by atoms with Gasteiger partial charge in [0.25, 0.3) is 0 Å². The first kappa shape index (κ1) is 11.3. The van der Waals surface area contributed by atoms with Gasteiger partial charge in [0, 0.05) is 25.8 Å². The Morgan fingerprint density at radius 3 is 2.76 bits per heavy atom. The number of hydrogen-bond donors (Lipinski definition) is 1. The number of rotatable bonds is 1. The van der Waals surface area contributed by atoms with Gasteiger partial charge in [-0.2, -0.15) is 5.26 Å². The Morgan fingerprint density at radius 2 is 2.18 bits per heavy atom. The molecule has 2 N–H and O–H groups in total. The van der Waals surface area contributed by atoms with Crippen LogP contribution in [0.15, 0.2) is 18.2 Å². The van der Waals surface area contributed by atoms with Gasteiger partial charge in [-0.25, -0.2) is 0 Å². The molecule has 17 heavy (non-hydrogen) atoms. The molecule has 1 aliphatic rings. The van der Waals surface area contributed by atoms with E-state index >= 15 is 0 Å². The normalized spacial score (nSPS) is 15.9.